The van der Waals surface area contributed by atoms with Crippen molar-refractivity contribution < 1.29 is 9.90 Å². The van der Waals surface area contributed by atoms with E-state index in [0.717, 1.165) is 24.1 Å². The monoisotopic (exact) mass is 300 g/mol. The van der Waals surface area contributed by atoms with Crippen LogP contribution < -0.4 is 5.32 Å². The summed E-state index contributed by atoms with van der Waals surface area (Å²) in [7, 11) is 0. The molecule has 22 heavy (non-hydrogen) atoms. The minimum absolute atomic E-state index is 0.0855. The second-order valence-corrected chi connectivity index (χ2v) is 6.92. The van der Waals surface area contributed by atoms with Crippen LogP contribution in [0.3, 0.4) is 0 Å². The van der Waals surface area contributed by atoms with Gasteiger partial charge in [0.05, 0.1) is 18.6 Å². The summed E-state index contributed by atoms with van der Waals surface area (Å²) >= 11 is 0. The van der Waals surface area contributed by atoms with Gasteiger partial charge in [0.2, 0.25) is 5.91 Å². The summed E-state index contributed by atoms with van der Waals surface area (Å²) in [5.41, 5.74) is 4.02. The first-order valence-electron chi connectivity index (χ1n) is 7.97. The Balaban J connectivity index is 1.70. The first kappa shape index (κ1) is 15.1. The van der Waals surface area contributed by atoms with E-state index in [-0.39, 0.29) is 12.3 Å². The third-order valence-electron chi connectivity index (χ3n) is 4.48. The van der Waals surface area contributed by atoms with Crippen LogP contribution >= 0.6 is 0 Å². The average molecular weight is 300 g/mol. The fourth-order valence-electron chi connectivity index (χ4n) is 2.96. The minimum atomic E-state index is -0.728. The molecule has 0 unspecified atom stereocenters. The zero-order valence-corrected chi connectivity index (χ0v) is 13.5. The molecule has 1 heterocycles. The standard InChI is InChI=1S/C18H24N2O2/c1-11(2)15-8-16-13(6-12(15)3)7-14(20-16)10-19-17(21)9-18(22)4-5-18/h6-8,11,20,22H,4-5,9-10H2,1-3H3,(H,19,21). The molecule has 3 rings (SSSR count). The normalized spacial score (nSPS) is 16.2. The number of nitrogens with one attached hydrogen (secondary N) is 2. The Kier molecular flexibility index (Phi) is 3.73. The Morgan fingerprint density at radius 2 is 2.09 bits per heavy atom. The molecule has 118 valence electrons. The van der Waals surface area contributed by atoms with Gasteiger partial charge in [-0.25, -0.2) is 0 Å². The van der Waals surface area contributed by atoms with Crippen LogP contribution in [-0.2, 0) is 11.3 Å². The Labute approximate surface area is 130 Å². The molecule has 0 aliphatic heterocycles. The molecule has 1 saturated carbocycles. The number of carbonyl (C=O) groups is 1. The molecule has 0 saturated heterocycles. The van der Waals surface area contributed by atoms with Crippen LogP contribution in [0.2, 0.25) is 0 Å². The van der Waals surface area contributed by atoms with E-state index in [1.54, 1.807) is 0 Å². The molecule has 1 aromatic carbocycles. The molecular weight excluding hydrogens is 276 g/mol. The van der Waals surface area contributed by atoms with E-state index < -0.39 is 5.60 Å². The summed E-state index contributed by atoms with van der Waals surface area (Å²) in [6.45, 7) is 7.00. The molecule has 4 nitrogen and oxygen atoms in total. The predicted molar refractivity (Wildman–Crippen MR) is 87.8 cm³/mol. The van der Waals surface area contributed by atoms with Gasteiger partial charge in [0.1, 0.15) is 0 Å². The van der Waals surface area contributed by atoms with Gasteiger partial charge in [-0.3, -0.25) is 4.79 Å². The van der Waals surface area contributed by atoms with Gasteiger partial charge in [0.15, 0.2) is 0 Å². The summed E-state index contributed by atoms with van der Waals surface area (Å²) in [6, 6.07) is 6.48. The fraction of sp³-hybridized carbons (Fsp3) is 0.500. The summed E-state index contributed by atoms with van der Waals surface area (Å²) in [6.07, 6.45) is 1.69. The van der Waals surface area contributed by atoms with Gasteiger partial charge in [-0.15, -0.1) is 0 Å². The van der Waals surface area contributed by atoms with Crippen molar-refractivity contribution in [3.8, 4) is 0 Å². The lowest BCUT2D eigenvalue weighted by molar-refractivity contribution is -0.123. The molecule has 0 radical (unpaired) electrons. The lowest BCUT2D eigenvalue weighted by Crippen LogP contribution is -2.27. The summed E-state index contributed by atoms with van der Waals surface area (Å²) in [5.74, 6) is 0.410. The first-order chi connectivity index (χ1) is 10.4. The van der Waals surface area contributed by atoms with E-state index in [1.165, 1.54) is 16.5 Å². The number of hydrogen-bond donors (Lipinski definition) is 3. The van der Waals surface area contributed by atoms with Gasteiger partial charge in [-0.05, 0) is 60.4 Å². The smallest absolute Gasteiger partial charge is 0.223 e. The fourth-order valence-corrected chi connectivity index (χ4v) is 2.96. The summed E-state index contributed by atoms with van der Waals surface area (Å²) < 4.78 is 0. The van der Waals surface area contributed by atoms with Crippen LogP contribution in [0.25, 0.3) is 10.9 Å². The molecule has 0 spiro atoms. The highest BCUT2D eigenvalue weighted by Gasteiger charge is 2.42. The Bertz CT molecular complexity index is 711. The molecule has 0 bridgehead atoms. The second-order valence-electron chi connectivity index (χ2n) is 6.92. The second kappa shape index (κ2) is 5.43. The van der Waals surface area contributed by atoms with Gasteiger partial charge in [0.25, 0.3) is 0 Å². The average Bonchev–Trinajstić information content (AvgIpc) is 3.01. The zero-order chi connectivity index (χ0) is 15.9. The third-order valence-corrected chi connectivity index (χ3v) is 4.48. The number of hydrogen-bond acceptors (Lipinski definition) is 2. The molecular formula is C18H24N2O2. The van der Waals surface area contributed by atoms with Crippen molar-refractivity contribution in [2.24, 2.45) is 0 Å². The van der Waals surface area contributed by atoms with E-state index in [0.29, 0.717) is 12.5 Å². The van der Waals surface area contributed by atoms with Gasteiger partial charge in [0, 0.05) is 11.2 Å². The minimum Gasteiger partial charge on any atom is -0.389 e. The Morgan fingerprint density at radius 1 is 1.36 bits per heavy atom. The van der Waals surface area contributed by atoms with E-state index in [4.69, 9.17) is 0 Å². The molecule has 1 aliphatic rings. The number of aryl methyl sites for hydroxylation is 1. The molecule has 3 N–H and O–H groups in total. The largest absolute Gasteiger partial charge is 0.389 e. The number of aromatic amines is 1. The van der Waals surface area contributed by atoms with Gasteiger partial charge >= 0.3 is 0 Å². The third kappa shape index (κ3) is 3.17. The predicted octanol–water partition coefficient (Wildman–Crippen LogP) is 3.13. The van der Waals surface area contributed by atoms with Crippen LogP contribution in [0.5, 0.6) is 0 Å². The Hall–Kier alpha value is -1.81. The molecule has 1 fully saturated rings. The number of aliphatic hydroxyl groups is 1. The van der Waals surface area contributed by atoms with Crippen LogP contribution in [-0.4, -0.2) is 21.6 Å². The number of benzene rings is 1. The highest BCUT2D eigenvalue weighted by Crippen LogP contribution is 2.38. The molecule has 4 heteroatoms. The first-order valence-corrected chi connectivity index (χ1v) is 7.97. The lowest BCUT2D eigenvalue weighted by atomic mass is 9.97. The maximum atomic E-state index is 11.8. The molecule has 1 amide bonds. The lowest BCUT2D eigenvalue weighted by Gasteiger charge is -2.09. The van der Waals surface area contributed by atoms with Crippen LogP contribution in [0.4, 0.5) is 0 Å². The number of fused-ring (bicyclic) bond motifs is 1. The van der Waals surface area contributed by atoms with Crippen molar-refractivity contribution in [3.05, 3.63) is 35.0 Å². The van der Waals surface area contributed by atoms with Crippen molar-refractivity contribution in [2.75, 3.05) is 0 Å². The number of rotatable bonds is 5. The van der Waals surface area contributed by atoms with Gasteiger partial charge in [-0.1, -0.05) is 13.8 Å². The number of aromatic nitrogens is 1. The molecule has 0 atom stereocenters. The SMILES string of the molecule is Cc1cc2cc(CNC(=O)CC3(O)CC3)[nH]c2cc1C(C)C. The van der Waals surface area contributed by atoms with E-state index >= 15 is 0 Å². The van der Waals surface area contributed by atoms with Crippen molar-refractivity contribution in [2.45, 2.75) is 58.1 Å². The maximum Gasteiger partial charge on any atom is 0.223 e. The van der Waals surface area contributed by atoms with Crippen molar-refractivity contribution in [1.82, 2.24) is 10.3 Å². The van der Waals surface area contributed by atoms with Crippen LogP contribution in [0.1, 0.15) is 55.8 Å². The topological polar surface area (TPSA) is 65.1 Å². The maximum absolute atomic E-state index is 11.8. The van der Waals surface area contributed by atoms with E-state index in [9.17, 15) is 9.90 Å². The summed E-state index contributed by atoms with van der Waals surface area (Å²) in [5, 5.41) is 13.8. The molecule has 1 aliphatic carbocycles. The Morgan fingerprint density at radius 3 is 2.73 bits per heavy atom. The highest BCUT2D eigenvalue weighted by atomic mass is 16.3. The summed E-state index contributed by atoms with van der Waals surface area (Å²) in [4.78, 5) is 15.2. The van der Waals surface area contributed by atoms with Crippen LogP contribution in [0, 0.1) is 6.92 Å². The molecule has 1 aromatic heterocycles. The van der Waals surface area contributed by atoms with Crippen LogP contribution in [0.15, 0.2) is 18.2 Å². The van der Waals surface area contributed by atoms with Crippen molar-refractivity contribution in [3.63, 3.8) is 0 Å². The van der Waals surface area contributed by atoms with Crippen molar-refractivity contribution in [1.29, 1.82) is 0 Å². The molecule has 2 aromatic rings. The van der Waals surface area contributed by atoms with E-state index in [2.05, 4.69) is 49.3 Å². The van der Waals surface area contributed by atoms with Gasteiger partial charge in [-0.2, -0.15) is 0 Å². The zero-order valence-electron chi connectivity index (χ0n) is 13.5. The van der Waals surface area contributed by atoms with E-state index in [1.807, 2.05) is 0 Å². The van der Waals surface area contributed by atoms with Gasteiger partial charge < -0.3 is 15.4 Å². The number of amides is 1. The van der Waals surface area contributed by atoms with Crippen molar-refractivity contribution >= 4 is 16.8 Å². The number of carbonyl (C=O) groups excluding carboxylic acids is 1. The quantitative estimate of drug-likeness (QED) is 0.794. The number of H-pyrrole nitrogens is 1. The highest BCUT2D eigenvalue weighted by molar-refractivity contribution is 5.83.